The summed E-state index contributed by atoms with van der Waals surface area (Å²) in [5, 5.41) is 6.50. The average Bonchev–Trinajstić information content (AvgIpc) is 2.92. The molecule has 0 aromatic heterocycles. The molecule has 5 heteroatoms. The third-order valence-corrected chi connectivity index (χ3v) is 3.66. The second-order valence-electron chi connectivity index (χ2n) is 6.89. The van der Waals surface area contributed by atoms with Crippen LogP contribution in [0.5, 0.6) is 0 Å². The van der Waals surface area contributed by atoms with Gasteiger partial charge in [-0.15, -0.1) is 0 Å². The van der Waals surface area contributed by atoms with Gasteiger partial charge in [0.05, 0.1) is 0 Å². The molecule has 4 atom stereocenters. The molecule has 110 valence electrons. The number of hydrogen-bond acceptors (Lipinski definition) is 4. The summed E-state index contributed by atoms with van der Waals surface area (Å²) in [5.74, 6) is 0. The second-order valence-corrected chi connectivity index (χ2v) is 6.89. The molecule has 0 saturated heterocycles. The molecule has 0 aromatic carbocycles. The highest BCUT2D eigenvalue weighted by Crippen LogP contribution is 2.26. The summed E-state index contributed by atoms with van der Waals surface area (Å²) in [5.41, 5.74) is 5.54. The maximum atomic E-state index is 11.6. The SMILES string of the molecule is CC(C)(C)OC(=O)NC1CC1NC1CCCC(N)C1. The van der Waals surface area contributed by atoms with Crippen molar-refractivity contribution in [3.63, 3.8) is 0 Å². The number of amides is 1. The Morgan fingerprint density at radius 1 is 1.21 bits per heavy atom. The monoisotopic (exact) mass is 269 g/mol. The van der Waals surface area contributed by atoms with Gasteiger partial charge in [-0.3, -0.25) is 0 Å². The van der Waals surface area contributed by atoms with Gasteiger partial charge in [0, 0.05) is 24.2 Å². The van der Waals surface area contributed by atoms with Crippen molar-refractivity contribution in [3.8, 4) is 0 Å². The number of nitrogens with two attached hydrogens (primary N) is 1. The molecule has 2 aliphatic carbocycles. The van der Waals surface area contributed by atoms with E-state index in [0.717, 1.165) is 19.3 Å². The fraction of sp³-hybridized carbons (Fsp3) is 0.929. The number of alkyl carbamates (subject to hydrolysis) is 1. The first-order valence-corrected chi connectivity index (χ1v) is 7.34. The van der Waals surface area contributed by atoms with Crippen LogP contribution in [0, 0.1) is 0 Å². The Morgan fingerprint density at radius 2 is 1.95 bits per heavy atom. The molecule has 19 heavy (non-hydrogen) atoms. The third kappa shape index (κ3) is 4.99. The fourth-order valence-electron chi connectivity index (χ4n) is 2.68. The highest BCUT2D eigenvalue weighted by Gasteiger charge is 2.40. The number of ether oxygens (including phenoxy) is 1. The number of rotatable bonds is 3. The van der Waals surface area contributed by atoms with E-state index in [-0.39, 0.29) is 12.1 Å². The van der Waals surface area contributed by atoms with E-state index in [1.54, 1.807) is 0 Å². The zero-order valence-electron chi connectivity index (χ0n) is 12.2. The van der Waals surface area contributed by atoms with Gasteiger partial charge in [-0.2, -0.15) is 0 Å². The van der Waals surface area contributed by atoms with Crippen LogP contribution in [0.4, 0.5) is 4.79 Å². The first kappa shape index (κ1) is 14.6. The summed E-state index contributed by atoms with van der Waals surface area (Å²) >= 11 is 0. The second kappa shape index (κ2) is 5.67. The first-order valence-electron chi connectivity index (χ1n) is 7.34. The van der Waals surface area contributed by atoms with Crippen molar-refractivity contribution in [1.82, 2.24) is 10.6 Å². The third-order valence-electron chi connectivity index (χ3n) is 3.66. The van der Waals surface area contributed by atoms with Crippen LogP contribution in [-0.2, 0) is 4.74 Å². The molecular formula is C14H27N3O2. The molecule has 2 aliphatic rings. The summed E-state index contributed by atoms with van der Waals surface area (Å²) in [4.78, 5) is 11.6. The van der Waals surface area contributed by atoms with Gasteiger partial charge >= 0.3 is 6.09 Å². The summed E-state index contributed by atoms with van der Waals surface area (Å²) in [6.07, 6.45) is 5.27. The topological polar surface area (TPSA) is 76.4 Å². The summed E-state index contributed by atoms with van der Waals surface area (Å²) in [7, 11) is 0. The molecule has 5 nitrogen and oxygen atoms in total. The van der Waals surface area contributed by atoms with Gasteiger partial charge in [0.2, 0.25) is 0 Å². The Morgan fingerprint density at radius 3 is 2.58 bits per heavy atom. The molecule has 2 fully saturated rings. The lowest BCUT2D eigenvalue weighted by Gasteiger charge is -2.27. The highest BCUT2D eigenvalue weighted by molar-refractivity contribution is 5.68. The maximum absolute atomic E-state index is 11.6. The van der Waals surface area contributed by atoms with Crippen LogP contribution < -0.4 is 16.4 Å². The largest absolute Gasteiger partial charge is 0.444 e. The van der Waals surface area contributed by atoms with Crippen LogP contribution in [0.2, 0.25) is 0 Å². The van der Waals surface area contributed by atoms with Crippen molar-refractivity contribution in [2.75, 3.05) is 0 Å². The van der Waals surface area contributed by atoms with Crippen molar-refractivity contribution in [2.24, 2.45) is 5.73 Å². The van der Waals surface area contributed by atoms with Gasteiger partial charge < -0.3 is 21.1 Å². The minimum Gasteiger partial charge on any atom is -0.444 e. The summed E-state index contributed by atoms with van der Waals surface area (Å²) in [6.45, 7) is 5.62. The standard InChI is InChI=1S/C14H27N3O2/c1-14(2,3)19-13(18)17-12-8-11(12)16-10-6-4-5-9(15)7-10/h9-12,16H,4-8,15H2,1-3H3,(H,17,18). The zero-order valence-corrected chi connectivity index (χ0v) is 12.2. The van der Waals surface area contributed by atoms with E-state index < -0.39 is 5.60 Å². The Hall–Kier alpha value is -0.810. The summed E-state index contributed by atoms with van der Waals surface area (Å²) < 4.78 is 5.25. The normalized spacial score (nSPS) is 34.7. The molecule has 0 spiro atoms. The molecule has 0 heterocycles. The summed E-state index contributed by atoms with van der Waals surface area (Å²) in [6, 6.07) is 1.46. The lowest BCUT2D eigenvalue weighted by atomic mass is 9.91. The van der Waals surface area contributed by atoms with Crippen molar-refractivity contribution in [2.45, 2.75) is 82.6 Å². The van der Waals surface area contributed by atoms with Gasteiger partial charge in [0.1, 0.15) is 5.60 Å². The van der Waals surface area contributed by atoms with E-state index in [0.29, 0.717) is 18.1 Å². The van der Waals surface area contributed by atoms with Crippen LogP contribution in [0.3, 0.4) is 0 Å². The van der Waals surface area contributed by atoms with Crippen molar-refractivity contribution < 1.29 is 9.53 Å². The molecule has 4 N–H and O–H groups in total. The lowest BCUT2D eigenvalue weighted by molar-refractivity contribution is 0.0521. The lowest BCUT2D eigenvalue weighted by Crippen LogP contribution is -2.43. The number of carbonyl (C=O) groups is 1. The van der Waals surface area contributed by atoms with Crippen LogP contribution >= 0.6 is 0 Å². The van der Waals surface area contributed by atoms with Crippen LogP contribution in [0.1, 0.15) is 52.9 Å². The van der Waals surface area contributed by atoms with Crippen LogP contribution in [0.15, 0.2) is 0 Å². The van der Waals surface area contributed by atoms with E-state index in [1.165, 1.54) is 12.8 Å². The Bertz CT molecular complexity index is 327. The number of nitrogens with one attached hydrogen (secondary N) is 2. The predicted molar refractivity (Wildman–Crippen MR) is 74.9 cm³/mol. The van der Waals surface area contributed by atoms with E-state index in [4.69, 9.17) is 10.5 Å². The number of carbonyl (C=O) groups excluding carboxylic acids is 1. The van der Waals surface area contributed by atoms with E-state index >= 15 is 0 Å². The Balaban J connectivity index is 1.66. The quantitative estimate of drug-likeness (QED) is 0.726. The molecule has 1 amide bonds. The van der Waals surface area contributed by atoms with E-state index in [1.807, 2.05) is 20.8 Å². The molecule has 4 unspecified atom stereocenters. The van der Waals surface area contributed by atoms with Crippen molar-refractivity contribution in [1.29, 1.82) is 0 Å². The molecule has 0 aliphatic heterocycles. The number of hydrogen-bond donors (Lipinski definition) is 3. The minimum absolute atomic E-state index is 0.216. The molecule has 2 rings (SSSR count). The van der Waals surface area contributed by atoms with Gasteiger partial charge in [0.15, 0.2) is 0 Å². The fourth-order valence-corrected chi connectivity index (χ4v) is 2.68. The highest BCUT2D eigenvalue weighted by atomic mass is 16.6. The molecule has 0 bridgehead atoms. The molecule has 2 saturated carbocycles. The zero-order chi connectivity index (χ0) is 14.0. The Kier molecular flexibility index (Phi) is 4.36. The minimum atomic E-state index is -0.433. The molecule has 0 aromatic rings. The molecular weight excluding hydrogens is 242 g/mol. The van der Waals surface area contributed by atoms with Crippen LogP contribution in [-0.4, -0.2) is 35.9 Å². The average molecular weight is 269 g/mol. The van der Waals surface area contributed by atoms with E-state index in [9.17, 15) is 4.79 Å². The maximum Gasteiger partial charge on any atom is 0.407 e. The van der Waals surface area contributed by atoms with Crippen molar-refractivity contribution >= 4 is 6.09 Å². The van der Waals surface area contributed by atoms with Gasteiger partial charge in [-0.05, 0) is 46.5 Å². The van der Waals surface area contributed by atoms with E-state index in [2.05, 4.69) is 10.6 Å². The Labute approximate surface area is 115 Å². The van der Waals surface area contributed by atoms with Gasteiger partial charge in [0.25, 0.3) is 0 Å². The predicted octanol–water partition coefficient (Wildman–Crippen LogP) is 1.51. The molecule has 0 radical (unpaired) electrons. The first-order chi connectivity index (χ1) is 8.83. The van der Waals surface area contributed by atoms with Crippen LogP contribution in [0.25, 0.3) is 0 Å². The smallest absolute Gasteiger partial charge is 0.407 e. The van der Waals surface area contributed by atoms with Crippen molar-refractivity contribution in [3.05, 3.63) is 0 Å². The van der Waals surface area contributed by atoms with Gasteiger partial charge in [-0.25, -0.2) is 4.79 Å². The van der Waals surface area contributed by atoms with Gasteiger partial charge in [-0.1, -0.05) is 6.42 Å².